The van der Waals surface area contributed by atoms with E-state index in [9.17, 15) is 4.79 Å². The van der Waals surface area contributed by atoms with Gasteiger partial charge in [0.05, 0.1) is 18.7 Å². The van der Waals surface area contributed by atoms with Crippen LogP contribution in [0, 0.1) is 12.8 Å². The SMILES string of the molecule is Cc1cccc(C2NC(C(C)C)C(=O)N2C2CCOC2)c1. The lowest BCUT2D eigenvalue weighted by molar-refractivity contribution is -0.133. The van der Waals surface area contributed by atoms with Gasteiger partial charge >= 0.3 is 0 Å². The number of nitrogens with one attached hydrogen (secondary N) is 1. The van der Waals surface area contributed by atoms with Crippen molar-refractivity contribution in [3.8, 4) is 0 Å². The van der Waals surface area contributed by atoms with Crippen molar-refractivity contribution in [1.82, 2.24) is 10.2 Å². The first-order valence-corrected chi connectivity index (χ1v) is 7.80. The van der Waals surface area contributed by atoms with E-state index in [4.69, 9.17) is 4.74 Å². The predicted octanol–water partition coefficient (Wildman–Crippen LogP) is 2.24. The van der Waals surface area contributed by atoms with E-state index < -0.39 is 0 Å². The Labute approximate surface area is 126 Å². The van der Waals surface area contributed by atoms with Crippen molar-refractivity contribution >= 4 is 5.91 Å². The standard InChI is InChI=1S/C17H24N2O2/c1-11(2)15-17(20)19(14-7-8-21-10-14)16(18-15)13-6-4-5-12(3)9-13/h4-6,9,11,14-16,18H,7-8,10H2,1-3H3. The van der Waals surface area contributed by atoms with Gasteiger partial charge < -0.3 is 9.64 Å². The fourth-order valence-electron chi connectivity index (χ4n) is 3.32. The van der Waals surface area contributed by atoms with Crippen molar-refractivity contribution < 1.29 is 9.53 Å². The minimum atomic E-state index is -0.101. The summed E-state index contributed by atoms with van der Waals surface area (Å²) in [4.78, 5) is 14.8. The van der Waals surface area contributed by atoms with Crippen LogP contribution < -0.4 is 5.32 Å². The van der Waals surface area contributed by atoms with Crippen LogP contribution in [0.15, 0.2) is 24.3 Å². The van der Waals surface area contributed by atoms with Crippen LogP contribution in [0.3, 0.4) is 0 Å². The van der Waals surface area contributed by atoms with E-state index in [0.717, 1.165) is 13.0 Å². The second-order valence-corrected chi connectivity index (χ2v) is 6.47. The zero-order valence-corrected chi connectivity index (χ0v) is 13.0. The molecule has 3 atom stereocenters. The van der Waals surface area contributed by atoms with Gasteiger partial charge in [0.15, 0.2) is 0 Å². The molecule has 2 heterocycles. The molecular formula is C17H24N2O2. The summed E-state index contributed by atoms with van der Waals surface area (Å²) in [5, 5.41) is 3.53. The Balaban J connectivity index is 1.93. The minimum Gasteiger partial charge on any atom is -0.379 e. The Hall–Kier alpha value is -1.39. The number of aryl methyl sites for hydroxylation is 1. The highest BCUT2D eigenvalue weighted by Gasteiger charge is 2.45. The molecule has 1 N–H and O–H groups in total. The number of carbonyl (C=O) groups excluding carboxylic acids is 1. The van der Waals surface area contributed by atoms with Gasteiger partial charge in [-0.1, -0.05) is 43.7 Å². The maximum absolute atomic E-state index is 12.8. The summed E-state index contributed by atoms with van der Waals surface area (Å²) in [6.45, 7) is 7.68. The number of benzene rings is 1. The number of amides is 1. The zero-order valence-electron chi connectivity index (χ0n) is 13.0. The van der Waals surface area contributed by atoms with E-state index in [1.807, 2.05) is 4.90 Å². The highest BCUT2D eigenvalue weighted by atomic mass is 16.5. The number of hydrogen-bond donors (Lipinski definition) is 1. The first kappa shape index (κ1) is 14.5. The Kier molecular flexibility index (Phi) is 4.00. The normalized spacial score (nSPS) is 29.6. The van der Waals surface area contributed by atoms with Crippen LogP contribution in [-0.2, 0) is 9.53 Å². The van der Waals surface area contributed by atoms with Crippen LogP contribution in [0.2, 0.25) is 0 Å². The van der Waals surface area contributed by atoms with Gasteiger partial charge in [-0.2, -0.15) is 0 Å². The van der Waals surface area contributed by atoms with Gasteiger partial charge in [0.1, 0.15) is 6.17 Å². The highest BCUT2D eigenvalue weighted by Crippen LogP contribution is 2.32. The minimum absolute atomic E-state index is 0.0310. The van der Waals surface area contributed by atoms with E-state index in [1.54, 1.807) is 0 Å². The molecular weight excluding hydrogens is 264 g/mol. The molecule has 2 saturated heterocycles. The first-order valence-electron chi connectivity index (χ1n) is 7.80. The highest BCUT2D eigenvalue weighted by molar-refractivity contribution is 5.85. The molecule has 114 valence electrons. The monoisotopic (exact) mass is 288 g/mol. The molecule has 3 unspecified atom stereocenters. The molecule has 0 bridgehead atoms. The molecule has 0 aromatic heterocycles. The number of ether oxygens (including phenoxy) is 1. The lowest BCUT2D eigenvalue weighted by Crippen LogP contribution is -2.41. The molecule has 2 aliphatic rings. The van der Waals surface area contributed by atoms with Crippen molar-refractivity contribution in [2.75, 3.05) is 13.2 Å². The fraction of sp³-hybridized carbons (Fsp3) is 0.588. The van der Waals surface area contributed by atoms with E-state index in [2.05, 4.69) is 50.4 Å². The van der Waals surface area contributed by atoms with E-state index >= 15 is 0 Å². The molecule has 1 aromatic rings. The number of rotatable bonds is 3. The zero-order chi connectivity index (χ0) is 15.0. The van der Waals surface area contributed by atoms with E-state index in [-0.39, 0.29) is 30.1 Å². The molecule has 4 heteroatoms. The summed E-state index contributed by atoms with van der Waals surface area (Å²) in [5.41, 5.74) is 2.38. The van der Waals surface area contributed by atoms with Gasteiger partial charge in [-0.3, -0.25) is 10.1 Å². The van der Waals surface area contributed by atoms with Crippen LogP contribution in [0.5, 0.6) is 0 Å². The summed E-state index contributed by atoms with van der Waals surface area (Å²) in [5.74, 6) is 0.504. The molecule has 0 spiro atoms. The molecule has 2 fully saturated rings. The Bertz CT molecular complexity index is 523. The third-order valence-electron chi connectivity index (χ3n) is 4.46. The van der Waals surface area contributed by atoms with E-state index in [1.165, 1.54) is 11.1 Å². The molecule has 1 amide bonds. The lowest BCUT2D eigenvalue weighted by atomic mass is 10.0. The molecule has 21 heavy (non-hydrogen) atoms. The van der Waals surface area contributed by atoms with Gasteiger partial charge in [-0.15, -0.1) is 0 Å². The van der Waals surface area contributed by atoms with Gasteiger partial charge in [-0.05, 0) is 24.8 Å². The number of nitrogens with zero attached hydrogens (tertiary/aromatic N) is 1. The van der Waals surface area contributed by atoms with Crippen molar-refractivity contribution in [2.24, 2.45) is 5.92 Å². The summed E-state index contributed by atoms with van der Waals surface area (Å²) in [6, 6.07) is 8.50. The number of hydrogen-bond acceptors (Lipinski definition) is 3. The molecule has 0 aliphatic carbocycles. The van der Waals surface area contributed by atoms with Crippen molar-refractivity contribution in [1.29, 1.82) is 0 Å². The molecule has 0 radical (unpaired) electrons. The predicted molar refractivity (Wildman–Crippen MR) is 81.8 cm³/mol. The molecule has 4 nitrogen and oxygen atoms in total. The third kappa shape index (κ3) is 2.70. The third-order valence-corrected chi connectivity index (χ3v) is 4.46. The second kappa shape index (κ2) is 5.78. The van der Waals surface area contributed by atoms with Crippen LogP contribution in [0.25, 0.3) is 0 Å². The average Bonchev–Trinajstić information content (AvgIpc) is 3.05. The van der Waals surface area contributed by atoms with Crippen molar-refractivity contribution in [2.45, 2.75) is 45.4 Å². The summed E-state index contributed by atoms with van der Waals surface area (Å²) in [6.07, 6.45) is 0.900. The summed E-state index contributed by atoms with van der Waals surface area (Å²) < 4.78 is 5.50. The van der Waals surface area contributed by atoms with Crippen LogP contribution in [0.4, 0.5) is 0 Å². The second-order valence-electron chi connectivity index (χ2n) is 6.47. The Morgan fingerprint density at radius 1 is 1.38 bits per heavy atom. The van der Waals surface area contributed by atoms with Crippen LogP contribution in [-0.4, -0.2) is 36.1 Å². The Morgan fingerprint density at radius 2 is 2.19 bits per heavy atom. The van der Waals surface area contributed by atoms with Crippen molar-refractivity contribution in [3.05, 3.63) is 35.4 Å². The average molecular weight is 288 g/mol. The molecule has 2 aliphatic heterocycles. The largest absolute Gasteiger partial charge is 0.379 e. The number of carbonyl (C=O) groups is 1. The molecule has 1 aromatic carbocycles. The van der Waals surface area contributed by atoms with E-state index in [0.29, 0.717) is 6.61 Å². The maximum atomic E-state index is 12.8. The van der Waals surface area contributed by atoms with Gasteiger partial charge in [0, 0.05) is 6.61 Å². The van der Waals surface area contributed by atoms with Gasteiger partial charge in [-0.25, -0.2) is 0 Å². The van der Waals surface area contributed by atoms with Gasteiger partial charge in [0.25, 0.3) is 0 Å². The maximum Gasteiger partial charge on any atom is 0.241 e. The summed E-state index contributed by atoms with van der Waals surface area (Å²) >= 11 is 0. The first-order chi connectivity index (χ1) is 10.1. The summed E-state index contributed by atoms with van der Waals surface area (Å²) in [7, 11) is 0. The van der Waals surface area contributed by atoms with Crippen LogP contribution in [0.1, 0.15) is 37.6 Å². The lowest BCUT2D eigenvalue weighted by Gasteiger charge is -2.29. The smallest absolute Gasteiger partial charge is 0.241 e. The molecule has 0 saturated carbocycles. The Morgan fingerprint density at radius 3 is 2.81 bits per heavy atom. The van der Waals surface area contributed by atoms with Crippen LogP contribution >= 0.6 is 0 Å². The fourth-order valence-corrected chi connectivity index (χ4v) is 3.32. The molecule has 3 rings (SSSR count). The van der Waals surface area contributed by atoms with Gasteiger partial charge in [0.2, 0.25) is 5.91 Å². The topological polar surface area (TPSA) is 41.6 Å². The quantitative estimate of drug-likeness (QED) is 0.927. The van der Waals surface area contributed by atoms with Crippen molar-refractivity contribution in [3.63, 3.8) is 0 Å².